The van der Waals surface area contributed by atoms with Crippen LogP contribution in [0.4, 0.5) is 5.00 Å². The van der Waals surface area contributed by atoms with Gasteiger partial charge in [0, 0.05) is 29.6 Å². The summed E-state index contributed by atoms with van der Waals surface area (Å²) < 4.78 is 32.5. The lowest BCUT2D eigenvalue weighted by Gasteiger charge is -2.25. The molecule has 1 fully saturated rings. The highest BCUT2D eigenvalue weighted by molar-refractivity contribution is 7.89. The minimum atomic E-state index is -3.58. The van der Waals surface area contributed by atoms with Crippen LogP contribution in [0.3, 0.4) is 0 Å². The zero-order valence-corrected chi connectivity index (χ0v) is 21.4. The van der Waals surface area contributed by atoms with Crippen LogP contribution in [0.5, 0.6) is 0 Å². The number of rotatable bonds is 7. The quantitative estimate of drug-likeness (QED) is 0.432. The van der Waals surface area contributed by atoms with E-state index in [9.17, 15) is 18.0 Å². The van der Waals surface area contributed by atoms with Gasteiger partial charge in [-0.3, -0.25) is 4.79 Å². The predicted molar refractivity (Wildman–Crippen MR) is 137 cm³/mol. The molecule has 0 atom stereocenters. The summed E-state index contributed by atoms with van der Waals surface area (Å²) >= 11 is 1.24. The van der Waals surface area contributed by atoms with Gasteiger partial charge in [-0.1, -0.05) is 36.2 Å². The van der Waals surface area contributed by atoms with E-state index in [4.69, 9.17) is 4.74 Å². The number of piperidine rings is 1. The van der Waals surface area contributed by atoms with Gasteiger partial charge in [-0.15, -0.1) is 11.3 Å². The van der Waals surface area contributed by atoms with Crippen molar-refractivity contribution in [3.63, 3.8) is 0 Å². The van der Waals surface area contributed by atoms with Crippen molar-refractivity contribution in [1.29, 1.82) is 0 Å². The first kappa shape index (κ1) is 25.1. The van der Waals surface area contributed by atoms with Crippen molar-refractivity contribution in [2.24, 2.45) is 0 Å². The zero-order chi connectivity index (χ0) is 25.0. The van der Waals surface area contributed by atoms with E-state index >= 15 is 0 Å². The van der Waals surface area contributed by atoms with Crippen LogP contribution in [0.15, 0.2) is 58.8 Å². The number of thiophene rings is 1. The minimum absolute atomic E-state index is 0.168. The Morgan fingerprint density at radius 2 is 1.66 bits per heavy atom. The van der Waals surface area contributed by atoms with Crippen LogP contribution in [0.2, 0.25) is 0 Å². The molecule has 1 saturated heterocycles. The molecule has 9 heteroatoms. The maximum Gasteiger partial charge on any atom is 0.341 e. The molecule has 0 bridgehead atoms. The number of nitrogens with one attached hydrogen (secondary N) is 1. The second-order valence-electron chi connectivity index (χ2n) is 8.38. The number of carbonyl (C=O) groups is 2. The summed E-state index contributed by atoms with van der Waals surface area (Å²) in [6.07, 6.45) is 2.75. The van der Waals surface area contributed by atoms with E-state index in [0.717, 1.165) is 30.4 Å². The molecule has 1 N–H and O–H groups in total. The lowest BCUT2D eigenvalue weighted by molar-refractivity contribution is 0.0529. The third-order valence-electron chi connectivity index (χ3n) is 5.93. The molecule has 1 amide bonds. The fraction of sp³-hybridized carbons (Fsp3) is 0.308. The van der Waals surface area contributed by atoms with Crippen LogP contribution in [-0.2, 0) is 14.8 Å². The topological polar surface area (TPSA) is 92.8 Å². The van der Waals surface area contributed by atoms with Gasteiger partial charge in [-0.25, -0.2) is 13.2 Å². The highest BCUT2D eigenvalue weighted by Crippen LogP contribution is 2.36. The second kappa shape index (κ2) is 10.7. The second-order valence-corrected chi connectivity index (χ2v) is 11.2. The van der Waals surface area contributed by atoms with Gasteiger partial charge in [-0.05, 0) is 56.5 Å². The number of hydrogen-bond acceptors (Lipinski definition) is 6. The number of sulfonamides is 1. The van der Waals surface area contributed by atoms with E-state index < -0.39 is 21.9 Å². The molecule has 35 heavy (non-hydrogen) atoms. The lowest BCUT2D eigenvalue weighted by atomic mass is 10.0. The fourth-order valence-corrected chi connectivity index (χ4v) is 6.48. The average Bonchev–Trinajstić information content (AvgIpc) is 3.28. The Morgan fingerprint density at radius 1 is 1.00 bits per heavy atom. The Kier molecular flexibility index (Phi) is 7.69. The third kappa shape index (κ3) is 5.47. The molecule has 2 heterocycles. The van der Waals surface area contributed by atoms with Crippen molar-refractivity contribution >= 4 is 38.2 Å². The summed E-state index contributed by atoms with van der Waals surface area (Å²) in [5, 5.41) is 5.01. The molecule has 0 aliphatic carbocycles. The monoisotopic (exact) mass is 512 g/mol. The van der Waals surface area contributed by atoms with E-state index in [1.807, 2.05) is 36.6 Å². The van der Waals surface area contributed by atoms with E-state index in [1.54, 1.807) is 6.92 Å². The molecule has 3 aromatic rings. The summed E-state index contributed by atoms with van der Waals surface area (Å²) in [4.78, 5) is 25.9. The summed E-state index contributed by atoms with van der Waals surface area (Å²) in [5.74, 6) is -0.947. The molecule has 1 aromatic heterocycles. The Hall–Kier alpha value is -3.01. The number of ether oxygens (including phenoxy) is 1. The lowest BCUT2D eigenvalue weighted by Crippen LogP contribution is -2.35. The molecule has 4 rings (SSSR count). The molecule has 7 nitrogen and oxygen atoms in total. The van der Waals surface area contributed by atoms with Crippen molar-refractivity contribution in [3.8, 4) is 11.1 Å². The summed E-state index contributed by atoms with van der Waals surface area (Å²) in [7, 11) is -3.58. The predicted octanol–water partition coefficient (Wildman–Crippen LogP) is 5.33. The maximum atomic E-state index is 13.0. The highest BCUT2D eigenvalue weighted by atomic mass is 32.2. The zero-order valence-electron chi connectivity index (χ0n) is 19.7. The Morgan fingerprint density at radius 3 is 2.29 bits per heavy atom. The van der Waals surface area contributed by atoms with Crippen LogP contribution in [0.1, 0.15) is 52.5 Å². The Bertz CT molecular complexity index is 1310. The van der Waals surface area contributed by atoms with Crippen LogP contribution in [-0.4, -0.2) is 44.3 Å². The Labute approximate surface area is 209 Å². The molecule has 0 unspecified atom stereocenters. The first-order chi connectivity index (χ1) is 16.8. The number of carbonyl (C=O) groups excluding carboxylic acids is 2. The van der Waals surface area contributed by atoms with E-state index in [2.05, 4.69) is 5.32 Å². The molecular weight excluding hydrogens is 484 g/mol. The summed E-state index contributed by atoms with van der Waals surface area (Å²) in [6.45, 7) is 4.96. The molecule has 1 aliphatic heterocycles. The Balaban J connectivity index is 1.57. The summed E-state index contributed by atoms with van der Waals surface area (Å²) in [6, 6.07) is 13.7. The van der Waals surface area contributed by atoms with Crippen molar-refractivity contribution in [3.05, 3.63) is 70.6 Å². The molecular formula is C26H28N2O5S2. The first-order valence-corrected chi connectivity index (χ1v) is 13.9. The van der Waals surface area contributed by atoms with Crippen LogP contribution >= 0.6 is 11.3 Å². The standard InChI is InChI=1S/C26H28N2O5S2/c1-3-33-26(30)23-22(19-9-7-18(2)8-10-19)17-34-25(23)27-24(29)20-11-13-21(14-12-20)35(31,32)28-15-5-4-6-16-28/h7-14,17H,3-6,15-16H2,1-2H3,(H,27,29). The first-order valence-electron chi connectivity index (χ1n) is 11.6. The summed E-state index contributed by atoms with van der Waals surface area (Å²) in [5.41, 5.74) is 3.23. The molecule has 184 valence electrons. The van der Waals surface area contributed by atoms with E-state index in [1.165, 1.54) is 39.9 Å². The maximum absolute atomic E-state index is 13.0. The van der Waals surface area contributed by atoms with Crippen LogP contribution in [0.25, 0.3) is 11.1 Å². The van der Waals surface area contributed by atoms with Gasteiger partial charge >= 0.3 is 5.97 Å². The molecule has 1 aliphatic rings. The molecule has 2 aromatic carbocycles. The molecule has 0 saturated carbocycles. The van der Waals surface area contributed by atoms with Gasteiger partial charge in [0.2, 0.25) is 10.0 Å². The van der Waals surface area contributed by atoms with Crippen LogP contribution in [0, 0.1) is 6.92 Å². The van der Waals surface area contributed by atoms with Crippen molar-refractivity contribution in [1.82, 2.24) is 4.31 Å². The fourth-order valence-electron chi connectivity index (χ4n) is 4.01. The van der Waals surface area contributed by atoms with Gasteiger partial charge in [0.15, 0.2) is 0 Å². The minimum Gasteiger partial charge on any atom is -0.462 e. The van der Waals surface area contributed by atoms with E-state index in [0.29, 0.717) is 34.8 Å². The van der Waals surface area contributed by atoms with E-state index in [-0.39, 0.29) is 11.5 Å². The number of amides is 1. The number of hydrogen-bond donors (Lipinski definition) is 1. The van der Waals surface area contributed by atoms with Gasteiger partial charge in [0.25, 0.3) is 5.91 Å². The SMILES string of the molecule is CCOC(=O)c1c(-c2ccc(C)cc2)csc1NC(=O)c1ccc(S(=O)(=O)N2CCCCC2)cc1. The number of esters is 1. The van der Waals surface area contributed by atoms with Gasteiger partial charge in [-0.2, -0.15) is 4.31 Å². The average molecular weight is 513 g/mol. The van der Waals surface area contributed by atoms with Gasteiger partial charge in [0.05, 0.1) is 11.5 Å². The third-order valence-corrected chi connectivity index (χ3v) is 8.74. The largest absolute Gasteiger partial charge is 0.462 e. The number of aryl methyl sites for hydroxylation is 1. The number of benzene rings is 2. The number of anilines is 1. The van der Waals surface area contributed by atoms with Crippen molar-refractivity contribution in [2.45, 2.75) is 38.0 Å². The van der Waals surface area contributed by atoms with Gasteiger partial charge in [0.1, 0.15) is 10.6 Å². The van der Waals surface area contributed by atoms with Gasteiger partial charge < -0.3 is 10.1 Å². The number of nitrogens with zero attached hydrogens (tertiary/aromatic N) is 1. The highest BCUT2D eigenvalue weighted by Gasteiger charge is 2.27. The molecule has 0 spiro atoms. The van der Waals surface area contributed by atoms with Crippen molar-refractivity contribution in [2.75, 3.05) is 25.0 Å². The smallest absolute Gasteiger partial charge is 0.341 e. The van der Waals surface area contributed by atoms with Crippen molar-refractivity contribution < 1.29 is 22.7 Å². The molecule has 0 radical (unpaired) electrons. The normalized spacial score (nSPS) is 14.5. The van der Waals surface area contributed by atoms with Crippen LogP contribution < -0.4 is 5.32 Å².